The van der Waals surface area contributed by atoms with Crippen LogP contribution in [-0.4, -0.2) is 22.9 Å². The van der Waals surface area contributed by atoms with Gasteiger partial charge in [-0.3, -0.25) is 4.99 Å². The fourth-order valence-electron chi connectivity index (χ4n) is 2.42. The number of nitrogens with zero attached hydrogens (tertiary/aromatic N) is 1. The first-order valence-corrected chi connectivity index (χ1v) is 8.37. The van der Waals surface area contributed by atoms with Gasteiger partial charge in [0, 0.05) is 6.21 Å². The van der Waals surface area contributed by atoms with Crippen LogP contribution in [0, 0.1) is 0 Å². The fourth-order valence-corrected chi connectivity index (χ4v) is 2.42. The Morgan fingerprint density at radius 3 is 2.44 bits per heavy atom. The van der Waals surface area contributed by atoms with Crippen molar-refractivity contribution in [2.45, 2.75) is 26.4 Å². The number of aromatic hydroxyl groups is 1. The van der Waals surface area contributed by atoms with E-state index in [1.807, 2.05) is 0 Å². The lowest BCUT2D eigenvalue weighted by Crippen LogP contribution is -2.23. The van der Waals surface area contributed by atoms with Gasteiger partial charge in [0.05, 0.1) is 16.6 Å². The van der Waals surface area contributed by atoms with Crippen molar-refractivity contribution in [1.29, 1.82) is 0 Å². The molecule has 27 heavy (non-hydrogen) atoms. The third-order valence-electron chi connectivity index (χ3n) is 3.66. The minimum Gasteiger partial charge on any atom is -0.506 e. The van der Waals surface area contributed by atoms with E-state index in [2.05, 4.69) is 4.99 Å². The molecule has 0 aliphatic carbocycles. The second-order valence-electron chi connectivity index (χ2n) is 6.95. The Balaban J connectivity index is 1.86. The Morgan fingerprint density at radius 2 is 1.78 bits per heavy atom. The standard InChI is InChI=1S/C21H19NO5/c1-21(2,3)27-19(24)13-8-10-14(11-9-13)22-12-16-18(23)15-6-4-5-7-17(15)26-20(16)25/h4-12,23H,1-3H3. The van der Waals surface area contributed by atoms with Gasteiger partial charge >= 0.3 is 11.6 Å². The van der Waals surface area contributed by atoms with Crippen molar-refractivity contribution in [3.8, 4) is 5.75 Å². The third kappa shape index (κ3) is 4.23. The second-order valence-corrected chi connectivity index (χ2v) is 6.95. The molecule has 6 nitrogen and oxygen atoms in total. The normalized spacial score (nSPS) is 11.8. The number of fused-ring (bicyclic) bond motifs is 1. The molecule has 0 aliphatic rings. The highest BCUT2D eigenvalue weighted by Gasteiger charge is 2.17. The van der Waals surface area contributed by atoms with Crippen LogP contribution in [0.25, 0.3) is 11.0 Å². The SMILES string of the molecule is CC(C)(C)OC(=O)c1ccc(N=Cc2c(O)c3ccccc3oc2=O)cc1. The molecule has 0 unspecified atom stereocenters. The van der Waals surface area contributed by atoms with Crippen LogP contribution in [0.15, 0.2) is 62.7 Å². The molecule has 0 aliphatic heterocycles. The molecule has 0 bridgehead atoms. The van der Waals surface area contributed by atoms with Gasteiger partial charge in [-0.2, -0.15) is 0 Å². The minimum absolute atomic E-state index is 0.0371. The van der Waals surface area contributed by atoms with E-state index in [0.717, 1.165) is 0 Å². The third-order valence-corrected chi connectivity index (χ3v) is 3.66. The maximum atomic E-state index is 12.1. The summed E-state index contributed by atoms with van der Waals surface area (Å²) < 4.78 is 10.5. The molecule has 0 saturated heterocycles. The summed E-state index contributed by atoms with van der Waals surface area (Å²) in [7, 11) is 0. The topological polar surface area (TPSA) is 89.1 Å². The second kappa shape index (κ2) is 7.07. The van der Waals surface area contributed by atoms with E-state index in [1.54, 1.807) is 69.3 Å². The molecule has 3 aromatic rings. The number of hydrogen-bond acceptors (Lipinski definition) is 6. The number of para-hydroxylation sites is 1. The number of esters is 1. The van der Waals surface area contributed by atoms with Crippen molar-refractivity contribution in [1.82, 2.24) is 0 Å². The number of benzene rings is 2. The van der Waals surface area contributed by atoms with Crippen LogP contribution in [0.3, 0.4) is 0 Å². The predicted molar refractivity (Wildman–Crippen MR) is 103 cm³/mol. The Bertz CT molecular complexity index is 1070. The van der Waals surface area contributed by atoms with Crippen LogP contribution in [0.1, 0.15) is 36.7 Å². The first kappa shape index (κ1) is 18.4. The number of rotatable bonds is 3. The molecule has 0 spiro atoms. The monoisotopic (exact) mass is 365 g/mol. The predicted octanol–water partition coefficient (Wildman–Crippen LogP) is 4.20. The van der Waals surface area contributed by atoms with E-state index in [0.29, 0.717) is 22.2 Å². The molecule has 2 aromatic carbocycles. The lowest BCUT2D eigenvalue weighted by atomic mass is 10.1. The van der Waals surface area contributed by atoms with E-state index in [-0.39, 0.29) is 11.3 Å². The maximum Gasteiger partial charge on any atom is 0.348 e. The van der Waals surface area contributed by atoms with Crippen LogP contribution in [0.4, 0.5) is 5.69 Å². The van der Waals surface area contributed by atoms with Gasteiger partial charge in [0.2, 0.25) is 0 Å². The van der Waals surface area contributed by atoms with Gasteiger partial charge in [-0.25, -0.2) is 9.59 Å². The van der Waals surface area contributed by atoms with Crippen molar-refractivity contribution in [3.63, 3.8) is 0 Å². The Morgan fingerprint density at radius 1 is 1.11 bits per heavy atom. The number of carbonyl (C=O) groups excluding carboxylic acids is 1. The van der Waals surface area contributed by atoms with E-state index in [9.17, 15) is 14.7 Å². The van der Waals surface area contributed by atoms with Crippen LogP contribution in [0.5, 0.6) is 5.75 Å². The maximum absolute atomic E-state index is 12.1. The van der Waals surface area contributed by atoms with Crippen molar-refractivity contribution < 1.29 is 19.1 Å². The van der Waals surface area contributed by atoms with Crippen molar-refractivity contribution in [2.24, 2.45) is 4.99 Å². The summed E-state index contributed by atoms with van der Waals surface area (Å²) in [4.78, 5) is 28.3. The molecular formula is C21H19NO5. The van der Waals surface area contributed by atoms with Crippen LogP contribution >= 0.6 is 0 Å². The zero-order valence-corrected chi connectivity index (χ0v) is 15.2. The van der Waals surface area contributed by atoms with Crippen molar-refractivity contribution in [2.75, 3.05) is 0 Å². The smallest absolute Gasteiger partial charge is 0.348 e. The number of hydrogen-bond donors (Lipinski definition) is 1. The molecule has 1 heterocycles. The molecule has 0 atom stereocenters. The molecule has 0 fully saturated rings. The van der Waals surface area contributed by atoms with Gasteiger partial charge in [0.1, 0.15) is 22.5 Å². The highest BCUT2D eigenvalue weighted by molar-refractivity contribution is 5.94. The van der Waals surface area contributed by atoms with E-state index < -0.39 is 17.2 Å². The lowest BCUT2D eigenvalue weighted by Gasteiger charge is -2.19. The van der Waals surface area contributed by atoms with Crippen molar-refractivity contribution >= 4 is 28.8 Å². The molecule has 3 rings (SSSR count). The summed E-state index contributed by atoms with van der Waals surface area (Å²) in [6.45, 7) is 5.39. The first-order chi connectivity index (χ1) is 12.7. The average molecular weight is 365 g/mol. The summed E-state index contributed by atoms with van der Waals surface area (Å²) in [6, 6.07) is 13.1. The van der Waals surface area contributed by atoms with Crippen LogP contribution in [0.2, 0.25) is 0 Å². The average Bonchev–Trinajstić information content (AvgIpc) is 2.60. The van der Waals surface area contributed by atoms with Gasteiger partial charge in [-0.05, 0) is 57.2 Å². The zero-order chi connectivity index (χ0) is 19.6. The Hall–Kier alpha value is -3.41. The van der Waals surface area contributed by atoms with E-state index in [1.165, 1.54) is 6.21 Å². The summed E-state index contributed by atoms with van der Waals surface area (Å²) in [5.41, 5.74) is -0.0782. The van der Waals surface area contributed by atoms with Gasteiger partial charge in [0.25, 0.3) is 0 Å². The quantitative estimate of drug-likeness (QED) is 0.427. The summed E-state index contributed by atoms with van der Waals surface area (Å²) in [6.07, 6.45) is 1.25. The molecule has 0 saturated carbocycles. The first-order valence-electron chi connectivity index (χ1n) is 8.37. The van der Waals surface area contributed by atoms with E-state index in [4.69, 9.17) is 9.15 Å². The molecule has 1 aromatic heterocycles. The van der Waals surface area contributed by atoms with E-state index >= 15 is 0 Å². The van der Waals surface area contributed by atoms with Gasteiger partial charge in [0.15, 0.2) is 0 Å². The van der Waals surface area contributed by atoms with Gasteiger partial charge in [-0.15, -0.1) is 0 Å². The largest absolute Gasteiger partial charge is 0.506 e. The molecule has 0 amide bonds. The highest BCUT2D eigenvalue weighted by atomic mass is 16.6. The highest BCUT2D eigenvalue weighted by Crippen LogP contribution is 2.25. The summed E-state index contributed by atoms with van der Waals surface area (Å²) in [5, 5.41) is 10.8. The summed E-state index contributed by atoms with van der Waals surface area (Å²) in [5.74, 6) is -0.609. The molecule has 6 heteroatoms. The molecule has 138 valence electrons. The Kier molecular flexibility index (Phi) is 4.81. The lowest BCUT2D eigenvalue weighted by molar-refractivity contribution is 0.00695. The number of carbonyl (C=O) groups is 1. The number of aliphatic imine (C=N–C) groups is 1. The molecular weight excluding hydrogens is 346 g/mol. The summed E-state index contributed by atoms with van der Waals surface area (Å²) >= 11 is 0. The van der Waals surface area contributed by atoms with Crippen molar-refractivity contribution in [3.05, 3.63) is 70.1 Å². The molecule has 0 radical (unpaired) electrons. The Labute approximate surface area is 155 Å². The van der Waals surface area contributed by atoms with Gasteiger partial charge in [-0.1, -0.05) is 12.1 Å². The zero-order valence-electron chi connectivity index (χ0n) is 15.2. The van der Waals surface area contributed by atoms with Crippen LogP contribution in [-0.2, 0) is 4.74 Å². The fraction of sp³-hybridized carbons (Fsp3) is 0.190. The van der Waals surface area contributed by atoms with Gasteiger partial charge < -0.3 is 14.3 Å². The minimum atomic E-state index is -0.680. The van der Waals surface area contributed by atoms with Crippen LogP contribution < -0.4 is 5.63 Å². The number of ether oxygens (including phenoxy) is 1. The molecule has 1 N–H and O–H groups in total.